The average Bonchev–Trinajstić information content (AvgIpc) is 2.38. The summed E-state index contributed by atoms with van der Waals surface area (Å²) in [6.07, 6.45) is -0.0573. The van der Waals surface area contributed by atoms with Gasteiger partial charge in [0.1, 0.15) is 6.04 Å². The largest absolute Gasteiger partial charge is 0.480 e. The number of aliphatic carboxylic acids is 1. The maximum atomic E-state index is 12.3. The van der Waals surface area contributed by atoms with Crippen molar-refractivity contribution in [3.8, 4) is 0 Å². The number of rotatable bonds is 4. The van der Waals surface area contributed by atoms with Crippen molar-refractivity contribution in [2.45, 2.75) is 38.5 Å². The number of likely N-dealkylation sites (N-methyl/N-ethyl adjacent to an activating group) is 1. The van der Waals surface area contributed by atoms with Gasteiger partial charge in [0.05, 0.1) is 31.9 Å². The number of hydrogen-bond donors (Lipinski definition) is 2. The van der Waals surface area contributed by atoms with Crippen molar-refractivity contribution in [2.75, 3.05) is 26.8 Å². The minimum Gasteiger partial charge on any atom is -0.480 e. The van der Waals surface area contributed by atoms with Crippen LogP contribution in [0.2, 0.25) is 0 Å². The van der Waals surface area contributed by atoms with Crippen LogP contribution in [-0.4, -0.2) is 77.0 Å². The van der Waals surface area contributed by atoms with Crippen LogP contribution >= 0.6 is 0 Å². The zero-order chi connectivity index (χ0) is 14.6. The predicted molar refractivity (Wildman–Crippen MR) is 67.9 cm³/mol. The van der Waals surface area contributed by atoms with E-state index in [1.54, 1.807) is 11.8 Å². The monoisotopic (exact) mass is 274 g/mol. The predicted octanol–water partition coefficient (Wildman–Crippen LogP) is -0.0170. The van der Waals surface area contributed by atoms with Crippen molar-refractivity contribution < 1.29 is 24.5 Å². The molecule has 1 heterocycles. The molecule has 0 saturated carbocycles. The fraction of sp³-hybridized carbons (Fsp3) is 0.833. The molecule has 1 fully saturated rings. The third-order valence-electron chi connectivity index (χ3n) is 3.40. The summed E-state index contributed by atoms with van der Waals surface area (Å²) >= 11 is 0. The number of amides is 2. The summed E-state index contributed by atoms with van der Waals surface area (Å²) < 4.78 is 5.36. The Bertz CT molecular complexity index is 336. The molecule has 110 valence electrons. The number of carbonyl (C=O) groups is 2. The molecular weight excluding hydrogens is 252 g/mol. The van der Waals surface area contributed by atoms with Crippen LogP contribution < -0.4 is 0 Å². The van der Waals surface area contributed by atoms with Gasteiger partial charge in [-0.25, -0.2) is 9.59 Å². The van der Waals surface area contributed by atoms with Crippen LogP contribution in [-0.2, 0) is 9.53 Å². The van der Waals surface area contributed by atoms with Gasteiger partial charge in [0.15, 0.2) is 0 Å². The van der Waals surface area contributed by atoms with Gasteiger partial charge in [0.2, 0.25) is 0 Å². The van der Waals surface area contributed by atoms with Crippen molar-refractivity contribution in [1.82, 2.24) is 9.80 Å². The zero-order valence-electron chi connectivity index (χ0n) is 11.6. The van der Waals surface area contributed by atoms with Gasteiger partial charge in [-0.05, 0) is 13.3 Å². The Morgan fingerprint density at radius 2 is 2.16 bits per heavy atom. The van der Waals surface area contributed by atoms with Gasteiger partial charge in [0, 0.05) is 7.05 Å². The van der Waals surface area contributed by atoms with E-state index in [1.807, 2.05) is 6.92 Å². The topological polar surface area (TPSA) is 90.3 Å². The molecule has 0 bridgehead atoms. The third kappa shape index (κ3) is 3.57. The number of carbonyl (C=O) groups excluding carboxylic acids is 1. The highest BCUT2D eigenvalue weighted by Gasteiger charge is 2.34. The van der Waals surface area contributed by atoms with E-state index in [4.69, 9.17) is 14.9 Å². The number of hydrogen-bond acceptors (Lipinski definition) is 4. The average molecular weight is 274 g/mol. The highest BCUT2D eigenvalue weighted by molar-refractivity contribution is 5.82. The second-order valence-corrected chi connectivity index (χ2v) is 4.80. The molecule has 1 rings (SSSR count). The molecule has 0 aliphatic carbocycles. The minimum absolute atomic E-state index is 0.135. The third-order valence-corrected chi connectivity index (χ3v) is 3.40. The molecule has 1 saturated heterocycles. The van der Waals surface area contributed by atoms with Gasteiger partial charge in [-0.3, -0.25) is 0 Å². The lowest BCUT2D eigenvalue weighted by atomic mass is 10.2. The number of carboxylic acid groups (broad SMARTS) is 1. The van der Waals surface area contributed by atoms with E-state index in [9.17, 15) is 9.59 Å². The summed E-state index contributed by atoms with van der Waals surface area (Å²) in [5.41, 5.74) is 0. The molecule has 1 aliphatic rings. The van der Waals surface area contributed by atoms with Crippen molar-refractivity contribution in [2.24, 2.45) is 0 Å². The smallest absolute Gasteiger partial charge is 0.326 e. The van der Waals surface area contributed by atoms with Crippen molar-refractivity contribution in [1.29, 1.82) is 0 Å². The second kappa shape index (κ2) is 6.72. The number of urea groups is 1. The summed E-state index contributed by atoms with van der Waals surface area (Å²) in [6, 6.07) is -1.32. The summed E-state index contributed by atoms with van der Waals surface area (Å²) in [6.45, 7) is 4.02. The van der Waals surface area contributed by atoms with Crippen LogP contribution in [0.3, 0.4) is 0 Å². The number of morpholine rings is 1. The first kappa shape index (κ1) is 15.7. The van der Waals surface area contributed by atoms with Gasteiger partial charge in [-0.1, -0.05) is 6.92 Å². The SMILES string of the molecule is CCC(C(=O)O)N(C)C(=O)N1CC(CO)OCC1C. The van der Waals surface area contributed by atoms with Crippen LogP contribution in [0, 0.1) is 0 Å². The number of aliphatic hydroxyl groups excluding tert-OH is 1. The van der Waals surface area contributed by atoms with Crippen LogP contribution in [0.5, 0.6) is 0 Å². The first-order valence-corrected chi connectivity index (χ1v) is 6.41. The summed E-state index contributed by atoms with van der Waals surface area (Å²) in [7, 11) is 1.49. The first-order valence-electron chi connectivity index (χ1n) is 6.41. The van der Waals surface area contributed by atoms with Crippen LogP contribution in [0.1, 0.15) is 20.3 Å². The number of aliphatic hydroxyl groups is 1. The molecule has 7 heteroatoms. The summed E-state index contributed by atoms with van der Waals surface area (Å²) in [5.74, 6) is -1.02. The molecule has 0 radical (unpaired) electrons. The Labute approximate surface area is 112 Å². The van der Waals surface area contributed by atoms with E-state index in [1.165, 1.54) is 11.9 Å². The molecule has 0 aromatic carbocycles. The highest BCUT2D eigenvalue weighted by Crippen LogP contribution is 2.15. The standard InChI is InChI=1S/C12H22N2O5/c1-4-10(11(16)17)13(3)12(18)14-5-9(6-15)19-7-8(14)2/h8-10,15H,4-7H2,1-3H3,(H,16,17). The number of nitrogens with zero attached hydrogens (tertiary/aromatic N) is 2. The minimum atomic E-state index is -1.02. The quantitative estimate of drug-likeness (QED) is 0.752. The van der Waals surface area contributed by atoms with Crippen LogP contribution in [0.4, 0.5) is 4.79 Å². The van der Waals surface area contributed by atoms with Gasteiger partial charge in [-0.2, -0.15) is 0 Å². The molecule has 0 aromatic heterocycles. The normalized spacial score (nSPS) is 24.9. The summed E-state index contributed by atoms with van der Waals surface area (Å²) in [5, 5.41) is 18.2. The Kier molecular flexibility index (Phi) is 5.56. The lowest BCUT2D eigenvalue weighted by Crippen LogP contribution is -2.57. The Morgan fingerprint density at radius 1 is 1.53 bits per heavy atom. The highest BCUT2D eigenvalue weighted by atomic mass is 16.5. The van der Waals surface area contributed by atoms with E-state index in [-0.39, 0.29) is 25.2 Å². The molecule has 7 nitrogen and oxygen atoms in total. The lowest BCUT2D eigenvalue weighted by molar-refractivity contribution is -0.142. The number of carboxylic acids is 1. The molecule has 3 unspecified atom stereocenters. The van der Waals surface area contributed by atoms with E-state index >= 15 is 0 Å². The van der Waals surface area contributed by atoms with E-state index in [2.05, 4.69) is 0 Å². The fourth-order valence-electron chi connectivity index (χ4n) is 2.14. The lowest BCUT2D eigenvalue weighted by Gasteiger charge is -2.40. The van der Waals surface area contributed by atoms with E-state index < -0.39 is 18.1 Å². The fourth-order valence-corrected chi connectivity index (χ4v) is 2.14. The van der Waals surface area contributed by atoms with Crippen LogP contribution in [0.25, 0.3) is 0 Å². The first-order chi connectivity index (χ1) is 8.92. The number of ether oxygens (including phenoxy) is 1. The molecular formula is C12H22N2O5. The van der Waals surface area contributed by atoms with E-state index in [0.717, 1.165) is 0 Å². The van der Waals surface area contributed by atoms with Gasteiger partial charge in [0.25, 0.3) is 0 Å². The molecule has 19 heavy (non-hydrogen) atoms. The van der Waals surface area contributed by atoms with E-state index in [0.29, 0.717) is 13.0 Å². The molecule has 2 N–H and O–H groups in total. The van der Waals surface area contributed by atoms with Crippen LogP contribution in [0.15, 0.2) is 0 Å². The maximum absolute atomic E-state index is 12.3. The second-order valence-electron chi connectivity index (χ2n) is 4.80. The maximum Gasteiger partial charge on any atom is 0.326 e. The zero-order valence-corrected chi connectivity index (χ0v) is 11.6. The Hall–Kier alpha value is -1.34. The van der Waals surface area contributed by atoms with Gasteiger partial charge < -0.3 is 24.7 Å². The molecule has 2 amide bonds. The molecule has 3 atom stereocenters. The summed E-state index contributed by atoms with van der Waals surface area (Å²) in [4.78, 5) is 26.2. The van der Waals surface area contributed by atoms with Gasteiger partial charge >= 0.3 is 12.0 Å². The Balaban J connectivity index is 2.76. The molecule has 0 aromatic rings. The molecule has 0 spiro atoms. The van der Waals surface area contributed by atoms with Gasteiger partial charge in [-0.15, -0.1) is 0 Å². The molecule has 1 aliphatic heterocycles. The van der Waals surface area contributed by atoms with Crippen molar-refractivity contribution >= 4 is 12.0 Å². The van der Waals surface area contributed by atoms with Crippen molar-refractivity contribution in [3.05, 3.63) is 0 Å². The van der Waals surface area contributed by atoms with Crippen molar-refractivity contribution in [3.63, 3.8) is 0 Å². The Morgan fingerprint density at radius 3 is 2.63 bits per heavy atom.